The van der Waals surface area contributed by atoms with Crippen molar-refractivity contribution in [3.05, 3.63) is 63.2 Å². The van der Waals surface area contributed by atoms with Crippen LogP contribution in [0.15, 0.2) is 56.7 Å². The molecule has 28 heavy (non-hydrogen) atoms. The highest BCUT2D eigenvalue weighted by Gasteiger charge is 2.17. The Balaban J connectivity index is 1.63. The zero-order valence-corrected chi connectivity index (χ0v) is 15.6. The number of hydrogen-bond donors (Lipinski definition) is 0. The number of aromatic nitrogens is 1. The maximum atomic E-state index is 12.7. The normalized spacial score (nSPS) is 14.0. The second-order valence-electron chi connectivity index (χ2n) is 6.31. The minimum atomic E-state index is -0.700. The number of aryl methyl sites for hydroxylation is 1. The summed E-state index contributed by atoms with van der Waals surface area (Å²) >= 11 is 1.34. The zero-order chi connectivity index (χ0) is 19.3. The summed E-state index contributed by atoms with van der Waals surface area (Å²) < 4.78 is 19.2. The smallest absolute Gasteiger partial charge is 0.349 e. The number of hydrogen-bond acceptors (Lipinski definition) is 6. The highest BCUT2D eigenvalue weighted by atomic mass is 32.1. The van der Waals surface area contributed by atoms with Crippen LogP contribution in [0, 0.1) is 0 Å². The van der Waals surface area contributed by atoms with Crippen molar-refractivity contribution in [2.75, 3.05) is 13.2 Å². The Morgan fingerprint density at radius 1 is 1.11 bits per heavy atom. The molecule has 0 fully saturated rings. The fraction of sp³-hybridized carbons (Fsp3) is 0.150. The van der Waals surface area contributed by atoms with Crippen LogP contribution in [0.4, 0.5) is 0 Å². The summed E-state index contributed by atoms with van der Waals surface area (Å²) in [6.07, 6.45) is 0. The van der Waals surface area contributed by atoms with Crippen molar-refractivity contribution < 1.29 is 18.7 Å². The lowest BCUT2D eigenvalue weighted by Gasteiger charge is -2.18. The van der Waals surface area contributed by atoms with Gasteiger partial charge in [0, 0.05) is 24.6 Å². The summed E-state index contributed by atoms with van der Waals surface area (Å²) in [4.78, 5) is 29.5. The van der Waals surface area contributed by atoms with E-state index >= 15 is 0 Å². The van der Waals surface area contributed by atoms with E-state index in [-0.39, 0.29) is 5.56 Å². The molecule has 0 saturated carbocycles. The quantitative estimate of drug-likeness (QED) is 0.464. The second kappa shape index (κ2) is 6.35. The summed E-state index contributed by atoms with van der Waals surface area (Å²) in [7, 11) is 1.81. The van der Waals surface area contributed by atoms with E-state index in [1.54, 1.807) is 22.8 Å². The molecule has 2 aromatic carbocycles. The molecule has 1 amide bonds. The fourth-order valence-electron chi connectivity index (χ4n) is 3.13. The van der Waals surface area contributed by atoms with Gasteiger partial charge in [0.1, 0.15) is 24.4 Å². The van der Waals surface area contributed by atoms with Gasteiger partial charge in [-0.2, -0.15) is 4.99 Å². The molecule has 0 N–H and O–H groups in total. The SMILES string of the molecule is Cn1c(=NC(=O)c2cc3ccccc3oc2=O)sc2cc3c(cc21)OCCO3. The summed E-state index contributed by atoms with van der Waals surface area (Å²) in [5.41, 5.74) is 0.504. The average Bonchev–Trinajstić information content (AvgIpc) is 3.00. The molecule has 0 atom stereocenters. The minimum Gasteiger partial charge on any atom is -0.486 e. The first-order chi connectivity index (χ1) is 13.6. The van der Waals surface area contributed by atoms with Gasteiger partial charge in [-0.25, -0.2) is 4.79 Å². The number of amides is 1. The number of carbonyl (C=O) groups is 1. The highest BCUT2D eigenvalue weighted by molar-refractivity contribution is 7.16. The van der Waals surface area contributed by atoms with Gasteiger partial charge in [0.05, 0.1) is 10.2 Å². The third kappa shape index (κ3) is 2.69. The Kier molecular flexibility index (Phi) is 3.80. The number of fused-ring (bicyclic) bond motifs is 3. The van der Waals surface area contributed by atoms with Gasteiger partial charge in [0.25, 0.3) is 5.91 Å². The number of nitrogens with zero attached hydrogens (tertiary/aromatic N) is 2. The van der Waals surface area contributed by atoms with Crippen LogP contribution in [-0.2, 0) is 7.05 Å². The number of rotatable bonds is 1. The Hall–Kier alpha value is -3.39. The van der Waals surface area contributed by atoms with E-state index in [0.717, 1.165) is 10.2 Å². The molecule has 0 aliphatic carbocycles. The van der Waals surface area contributed by atoms with E-state index < -0.39 is 11.5 Å². The largest absolute Gasteiger partial charge is 0.486 e. The van der Waals surface area contributed by atoms with E-state index in [4.69, 9.17) is 13.9 Å². The van der Waals surface area contributed by atoms with Crippen molar-refractivity contribution in [3.8, 4) is 11.5 Å². The van der Waals surface area contributed by atoms with Gasteiger partial charge in [-0.05, 0) is 12.1 Å². The van der Waals surface area contributed by atoms with Gasteiger partial charge in [-0.3, -0.25) is 4.79 Å². The van der Waals surface area contributed by atoms with Crippen molar-refractivity contribution >= 4 is 38.4 Å². The summed E-state index contributed by atoms with van der Waals surface area (Å²) in [5, 5.41) is 0.670. The van der Waals surface area contributed by atoms with Crippen LogP contribution in [0.3, 0.4) is 0 Å². The van der Waals surface area contributed by atoms with Gasteiger partial charge in [-0.15, -0.1) is 0 Å². The molecule has 0 radical (unpaired) electrons. The van der Waals surface area contributed by atoms with Crippen LogP contribution < -0.4 is 19.9 Å². The Morgan fingerprint density at radius 2 is 1.86 bits per heavy atom. The lowest BCUT2D eigenvalue weighted by molar-refractivity contribution is 0.0994. The molecule has 140 valence electrons. The molecular formula is C20H14N2O5S. The Bertz CT molecular complexity index is 1380. The van der Waals surface area contributed by atoms with Crippen molar-refractivity contribution in [3.63, 3.8) is 0 Å². The summed E-state index contributed by atoms with van der Waals surface area (Å²) in [6, 6.07) is 12.3. The van der Waals surface area contributed by atoms with Crippen molar-refractivity contribution in [2.24, 2.45) is 12.0 Å². The Labute approximate surface area is 162 Å². The first-order valence-electron chi connectivity index (χ1n) is 8.61. The average molecular weight is 394 g/mol. The molecule has 5 rings (SSSR count). The molecule has 8 heteroatoms. The summed E-state index contributed by atoms with van der Waals surface area (Å²) in [6.45, 7) is 1.00. The second-order valence-corrected chi connectivity index (χ2v) is 7.32. The molecule has 2 aromatic heterocycles. The monoisotopic (exact) mass is 394 g/mol. The molecule has 7 nitrogen and oxygen atoms in total. The third-order valence-electron chi connectivity index (χ3n) is 4.54. The first-order valence-corrected chi connectivity index (χ1v) is 9.43. The number of thiazole rings is 1. The van der Waals surface area contributed by atoms with E-state index in [0.29, 0.717) is 40.5 Å². The topological polar surface area (TPSA) is 83.0 Å². The highest BCUT2D eigenvalue weighted by Crippen LogP contribution is 2.35. The molecule has 0 bridgehead atoms. The van der Waals surface area contributed by atoms with E-state index in [1.807, 2.05) is 25.2 Å². The maximum Gasteiger partial charge on any atom is 0.349 e. The first kappa shape index (κ1) is 16.8. The van der Waals surface area contributed by atoms with E-state index in [2.05, 4.69) is 4.99 Å². The molecular weight excluding hydrogens is 380 g/mol. The molecule has 0 unspecified atom stereocenters. The van der Waals surface area contributed by atoms with E-state index in [9.17, 15) is 9.59 Å². The number of benzene rings is 2. The lowest BCUT2D eigenvalue weighted by Crippen LogP contribution is -2.18. The van der Waals surface area contributed by atoms with Gasteiger partial charge in [-0.1, -0.05) is 29.5 Å². The van der Waals surface area contributed by atoms with Crippen molar-refractivity contribution in [1.29, 1.82) is 0 Å². The summed E-state index contributed by atoms with van der Waals surface area (Å²) in [5.74, 6) is 0.702. The lowest BCUT2D eigenvalue weighted by atomic mass is 10.2. The standard InChI is InChI=1S/C20H14N2O5S/c1-22-13-9-15-16(26-7-6-25-15)10-17(13)28-20(22)21-18(23)12-8-11-4-2-3-5-14(11)27-19(12)24/h2-5,8-10H,6-7H2,1H3. The van der Waals surface area contributed by atoms with Gasteiger partial charge in [0.2, 0.25) is 0 Å². The third-order valence-corrected chi connectivity index (χ3v) is 5.64. The van der Waals surface area contributed by atoms with Gasteiger partial charge < -0.3 is 18.5 Å². The maximum absolute atomic E-state index is 12.7. The zero-order valence-electron chi connectivity index (χ0n) is 14.8. The number of para-hydroxylation sites is 1. The van der Waals surface area contributed by atoms with Crippen LogP contribution in [0.25, 0.3) is 21.2 Å². The van der Waals surface area contributed by atoms with E-state index in [1.165, 1.54) is 17.4 Å². The molecule has 1 aliphatic rings. The van der Waals surface area contributed by atoms with Crippen LogP contribution >= 0.6 is 11.3 Å². The fourth-order valence-corrected chi connectivity index (χ4v) is 4.16. The number of carbonyl (C=O) groups excluding carboxylic acids is 1. The van der Waals surface area contributed by atoms with Crippen LogP contribution in [0.2, 0.25) is 0 Å². The van der Waals surface area contributed by atoms with Gasteiger partial charge in [0.15, 0.2) is 16.3 Å². The molecule has 1 aliphatic heterocycles. The number of ether oxygens (including phenoxy) is 2. The van der Waals surface area contributed by atoms with Crippen LogP contribution in [0.1, 0.15) is 10.4 Å². The van der Waals surface area contributed by atoms with Crippen molar-refractivity contribution in [2.45, 2.75) is 0 Å². The molecule has 0 saturated heterocycles. The Morgan fingerprint density at radius 3 is 2.68 bits per heavy atom. The predicted octanol–water partition coefficient (Wildman–Crippen LogP) is 2.86. The molecule has 0 spiro atoms. The van der Waals surface area contributed by atoms with Gasteiger partial charge >= 0.3 is 5.63 Å². The molecule has 4 aromatic rings. The van der Waals surface area contributed by atoms with Crippen LogP contribution in [0.5, 0.6) is 11.5 Å². The van der Waals surface area contributed by atoms with Crippen molar-refractivity contribution in [1.82, 2.24) is 4.57 Å². The molecule has 3 heterocycles. The predicted molar refractivity (Wildman–Crippen MR) is 104 cm³/mol. The van der Waals surface area contributed by atoms with Crippen LogP contribution in [-0.4, -0.2) is 23.7 Å². The minimum absolute atomic E-state index is 0.0953.